The number of benzene rings is 2. The molecule has 1 aromatic heterocycles. The average Bonchev–Trinajstić information content (AvgIpc) is 2.89. The van der Waals surface area contributed by atoms with Gasteiger partial charge in [-0.15, -0.1) is 0 Å². The molecule has 0 bridgehead atoms. The van der Waals surface area contributed by atoms with Gasteiger partial charge in [-0.1, -0.05) is 6.07 Å². The van der Waals surface area contributed by atoms with E-state index in [1.165, 1.54) is 12.3 Å². The fourth-order valence-electron chi connectivity index (χ4n) is 4.04. The molecule has 9 nitrogen and oxygen atoms in total. The van der Waals surface area contributed by atoms with Crippen molar-refractivity contribution >= 4 is 34.7 Å². The predicted molar refractivity (Wildman–Crippen MR) is 136 cm³/mol. The lowest BCUT2D eigenvalue weighted by Gasteiger charge is -2.35. The Morgan fingerprint density at radius 3 is 2.35 bits per heavy atom. The number of primary amides is 1. The number of nitrogens with one attached hydrogen (secondary N) is 2. The molecule has 1 saturated heterocycles. The summed E-state index contributed by atoms with van der Waals surface area (Å²) in [5, 5.41) is 6.03. The Balaban J connectivity index is 1.42. The summed E-state index contributed by atoms with van der Waals surface area (Å²) in [5.74, 6) is -1.86. The van der Waals surface area contributed by atoms with Crippen molar-refractivity contribution in [3.63, 3.8) is 0 Å². The van der Waals surface area contributed by atoms with E-state index < -0.39 is 17.5 Å². The van der Waals surface area contributed by atoms with Crippen molar-refractivity contribution in [3.05, 3.63) is 88.9 Å². The lowest BCUT2D eigenvalue weighted by molar-refractivity contribution is -0.129. The van der Waals surface area contributed by atoms with Crippen LogP contribution in [0.3, 0.4) is 0 Å². The zero-order valence-electron chi connectivity index (χ0n) is 19.9. The number of carbonyl (C=O) groups is 2. The summed E-state index contributed by atoms with van der Waals surface area (Å²) in [6, 6.07) is 12.8. The topological polar surface area (TPSA) is 108 Å². The second-order valence-corrected chi connectivity index (χ2v) is 8.39. The lowest BCUT2D eigenvalue weighted by atomic mass is 10.1. The summed E-state index contributed by atoms with van der Waals surface area (Å²) < 4.78 is 28.0. The quantitative estimate of drug-likeness (QED) is 0.405. The molecule has 11 heteroatoms. The van der Waals surface area contributed by atoms with Gasteiger partial charge in [0.1, 0.15) is 17.5 Å². The first-order chi connectivity index (χ1) is 17.9. The number of hydrogen-bond donors (Lipinski definition) is 3. The van der Waals surface area contributed by atoms with Crippen LogP contribution < -0.4 is 21.3 Å². The maximum Gasteiger partial charge on any atom is 0.302 e. The number of piperazine rings is 1. The molecule has 0 radical (unpaired) electrons. The van der Waals surface area contributed by atoms with Gasteiger partial charge in [-0.2, -0.15) is 0 Å². The predicted octanol–water partition coefficient (Wildman–Crippen LogP) is 3.38. The molecular formula is C26H25F2N7O2. The molecule has 1 fully saturated rings. The molecule has 1 aliphatic rings. The molecule has 1 aliphatic heterocycles. The van der Waals surface area contributed by atoms with E-state index >= 15 is 0 Å². The van der Waals surface area contributed by atoms with Crippen LogP contribution in [0.15, 0.2) is 54.7 Å². The van der Waals surface area contributed by atoms with E-state index in [0.29, 0.717) is 32.0 Å². The van der Waals surface area contributed by atoms with Gasteiger partial charge in [0.25, 0.3) is 12.5 Å². The highest BCUT2D eigenvalue weighted by molar-refractivity contribution is 5.98. The zero-order valence-corrected chi connectivity index (χ0v) is 19.9. The van der Waals surface area contributed by atoms with E-state index in [0.717, 1.165) is 23.5 Å². The van der Waals surface area contributed by atoms with Crippen LogP contribution in [-0.4, -0.2) is 54.4 Å². The Bertz CT molecular complexity index is 1310. The normalized spacial score (nSPS) is 13.1. The van der Waals surface area contributed by atoms with Crippen molar-refractivity contribution in [1.29, 1.82) is 0 Å². The van der Waals surface area contributed by atoms with Crippen LogP contribution in [0.25, 0.3) is 4.85 Å². The fraction of sp³-hybridized carbons (Fsp3) is 0.231. The Labute approximate surface area is 212 Å². The summed E-state index contributed by atoms with van der Waals surface area (Å²) in [7, 11) is 0. The Hall–Kier alpha value is -4.72. The summed E-state index contributed by atoms with van der Waals surface area (Å²) in [5.41, 5.74) is 7.40. The van der Waals surface area contributed by atoms with Crippen molar-refractivity contribution in [1.82, 2.24) is 9.88 Å². The number of pyridine rings is 1. The monoisotopic (exact) mass is 505 g/mol. The standard InChI is InChI=1S/C26H25F2N7O2/c1-30-16-25(36)35-11-9-34(10-12-35)18-7-5-17(6-8-18)33-24-13-23(20(15-32-24)26(29)37)31-14-19-21(27)3-2-4-22(19)28/h2-8,13,15H,9-12,14,16H2,(H2,29,37)(H2,31,32,33). The third-order valence-corrected chi connectivity index (χ3v) is 6.04. The molecule has 2 amide bonds. The number of anilines is 4. The minimum absolute atomic E-state index is 0.0895. The van der Waals surface area contributed by atoms with Crippen molar-refractivity contribution in [2.45, 2.75) is 6.54 Å². The Kier molecular flexibility index (Phi) is 7.78. The van der Waals surface area contributed by atoms with E-state index in [2.05, 4.69) is 25.4 Å². The van der Waals surface area contributed by atoms with E-state index in [-0.39, 0.29) is 35.8 Å². The third-order valence-electron chi connectivity index (χ3n) is 6.04. The third kappa shape index (κ3) is 6.10. The van der Waals surface area contributed by atoms with Gasteiger partial charge in [0.05, 0.1) is 11.3 Å². The number of aromatic nitrogens is 1. The fourth-order valence-corrected chi connectivity index (χ4v) is 4.04. The number of rotatable bonds is 8. The minimum atomic E-state index is -0.726. The van der Waals surface area contributed by atoms with Gasteiger partial charge in [0.2, 0.25) is 0 Å². The van der Waals surface area contributed by atoms with Gasteiger partial charge in [0, 0.05) is 61.9 Å². The molecule has 0 atom stereocenters. The van der Waals surface area contributed by atoms with Crippen LogP contribution in [0.2, 0.25) is 0 Å². The van der Waals surface area contributed by atoms with Crippen molar-refractivity contribution in [2.24, 2.45) is 5.73 Å². The smallest absolute Gasteiger partial charge is 0.302 e. The molecular weight excluding hydrogens is 480 g/mol. The van der Waals surface area contributed by atoms with E-state index in [1.807, 2.05) is 24.3 Å². The lowest BCUT2D eigenvalue weighted by Crippen LogP contribution is -2.49. The highest BCUT2D eigenvalue weighted by Gasteiger charge is 2.22. The Morgan fingerprint density at radius 1 is 1.05 bits per heavy atom. The van der Waals surface area contributed by atoms with Crippen LogP contribution in [-0.2, 0) is 11.3 Å². The van der Waals surface area contributed by atoms with Crippen LogP contribution >= 0.6 is 0 Å². The molecule has 0 unspecified atom stereocenters. The number of halogens is 2. The zero-order chi connectivity index (χ0) is 26.4. The van der Waals surface area contributed by atoms with Crippen LogP contribution in [0.1, 0.15) is 15.9 Å². The first-order valence-electron chi connectivity index (χ1n) is 11.6. The second-order valence-electron chi connectivity index (χ2n) is 8.39. The van der Waals surface area contributed by atoms with Gasteiger partial charge >= 0.3 is 5.91 Å². The number of hydrogen-bond acceptors (Lipinski definition) is 6. The van der Waals surface area contributed by atoms with Gasteiger partial charge in [0.15, 0.2) is 0 Å². The van der Waals surface area contributed by atoms with Gasteiger partial charge in [-0.05, 0) is 36.4 Å². The molecule has 0 spiro atoms. The Morgan fingerprint density at radius 2 is 1.73 bits per heavy atom. The first kappa shape index (κ1) is 25.4. The second kappa shape index (κ2) is 11.3. The van der Waals surface area contributed by atoms with Crippen LogP contribution in [0, 0.1) is 18.2 Å². The number of carbonyl (C=O) groups excluding carboxylic acids is 2. The molecule has 2 heterocycles. The van der Waals surface area contributed by atoms with E-state index in [1.54, 1.807) is 11.0 Å². The average molecular weight is 506 g/mol. The summed E-state index contributed by atoms with van der Waals surface area (Å²) in [6.45, 7) is 9.01. The maximum atomic E-state index is 14.0. The first-order valence-corrected chi connectivity index (χ1v) is 11.6. The molecule has 0 aliphatic carbocycles. The molecule has 0 saturated carbocycles. The SMILES string of the molecule is [C-]#[N+]CC(=O)N1CCN(c2ccc(Nc3cc(NCc4c(F)cccc4F)c(C(N)=O)cn3)cc2)CC1. The van der Waals surface area contributed by atoms with Crippen LogP contribution in [0.5, 0.6) is 0 Å². The highest BCUT2D eigenvalue weighted by atomic mass is 19.1. The summed E-state index contributed by atoms with van der Waals surface area (Å²) in [6.07, 6.45) is 1.30. The largest absolute Gasteiger partial charge is 0.380 e. The molecule has 4 rings (SSSR count). The van der Waals surface area contributed by atoms with Crippen LogP contribution in [0.4, 0.5) is 31.7 Å². The maximum absolute atomic E-state index is 14.0. The summed E-state index contributed by atoms with van der Waals surface area (Å²) >= 11 is 0. The summed E-state index contributed by atoms with van der Waals surface area (Å²) in [4.78, 5) is 35.0. The van der Waals surface area contributed by atoms with Gasteiger partial charge in [-0.25, -0.2) is 20.3 Å². The van der Waals surface area contributed by atoms with E-state index in [4.69, 9.17) is 12.3 Å². The number of nitrogens with zero attached hydrogens (tertiary/aromatic N) is 4. The molecule has 37 heavy (non-hydrogen) atoms. The number of nitrogens with two attached hydrogens (primary N) is 1. The van der Waals surface area contributed by atoms with E-state index in [9.17, 15) is 18.4 Å². The van der Waals surface area contributed by atoms with Gasteiger partial charge < -0.3 is 31.0 Å². The molecule has 2 aromatic carbocycles. The van der Waals surface area contributed by atoms with Gasteiger partial charge in [-0.3, -0.25) is 9.59 Å². The number of amides is 2. The molecule has 190 valence electrons. The minimum Gasteiger partial charge on any atom is -0.380 e. The van der Waals surface area contributed by atoms with Crippen molar-refractivity contribution in [3.8, 4) is 0 Å². The van der Waals surface area contributed by atoms with Crippen molar-refractivity contribution < 1.29 is 18.4 Å². The van der Waals surface area contributed by atoms with Crippen molar-refractivity contribution in [2.75, 3.05) is 48.3 Å². The molecule has 4 N–H and O–H groups in total. The highest BCUT2D eigenvalue weighted by Crippen LogP contribution is 2.25. The molecule has 3 aromatic rings.